The van der Waals surface area contributed by atoms with Gasteiger partial charge in [0.2, 0.25) is 5.91 Å². The van der Waals surface area contributed by atoms with E-state index in [2.05, 4.69) is 16.0 Å². The number of carbonyl (C=O) groups is 2. The third kappa shape index (κ3) is 5.81. The molecule has 30 heavy (non-hydrogen) atoms. The van der Waals surface area contributed by atoms with Crippen LogP contribution in [0.25, 0.3) is 0 Å². The lowest BCUT2D eigenvalue weighted by atomic mass is 10.2. The average molecular weight is 406 g/mol. The molecule has 154 valence electrons. The normalized spacial score (nSPS) is 10.2. The molecule has 3 aromatic carbocycles. The molecule has 0 heterocycles. The van der Waals surface area contributed by atoms with Crippen molar-refractivity contribution in [2.24, 2.45) is 0 Å². The zero-order valence-corrected chi connectivity index (χ0v) is 16.6. The van der Waals surface area contributed by atoms with Gasteiger partial charge < -0.3 is 20.9 Å². The summed E-state index contributed by atoms with van der Waals surface area (Å²) in [5, 5.41) is 7.97. The fourth-order valence-corrected chi connectivity index (χ4v) is 2.86. The van der Waals surface area contributed by atoms with Crippen molar-refractivity contribution < 1.29 is 14.0 Å². The summed E-state index contributed by atoms with van der Waals surface area (Å²) in [4.78, 5) is 26.2. The van der Waals surface area contributed by atoms with E-state index in [1.54, 1.807) is 18.2 Å². The number of hydrogen-bond acceptors (Lipinski definition) is 3. The van der Waals surface area contributed by atoms with Gasteiger partial charge in [-0.05, 0) is 42.0 Å². The molecule has 0 aliphatic heterocycles. The molecular formula is C23H23FN4O2. The number of para-hydroxylation sites is 3. The quantitative estimate of drug-likeness (QED) is 0.555. The van der Waals surface area contributed by atoms with Crippen molar-refractivity contribution in [3.8, 4) is 0 Å². The molecule has 3 rings (SSSR count). The SMILES string of the molecule is CN(c1ccccc1)c1ccccc1NC(=O)CNC(=O)NCc1ccc(F)cc1. The van der Waals surface area contributed by atoms with E-state index in [-0.39, 0.29) is 24.8 Å². The molecule has 0 aliphatic carbocycles. The Morgan fingerprint density at radius 3 is 2.27 bits per heavy atom. The van der Waals surface area contributed by atoms with Crippen LogP contribution >= 0.6 is 0 Å². The Morgan fingerprint density at radius 1 is 0.867 bits per heavy atom. The van der Waals surface area contributed by atoms with E-state index in [9.17, 15) is 14.0 Å². The molecule has 0 unspecified atom stereocenters. The highest BCUT2D eigenvalue weighted by Gasteiger charge is 2.12. The number of hydrogen-bond donors (Lipinski definition) is 3. The highest BCUT2D eigenvalue weighted by molar-refractivity contribution is 5.97. The summed E-state index contributed by atoms with van der Waals surface area (Å²) in [5.41, 5.74) is 3.21. The second-order valence-corrected chi connectivity index (χ2v) is 6.62. The van der Waals surface area contributed by atoms with E-state index in [1.165, 1.54) is 12.1 Å². The molecule has 0 atom stereocenters. The van der Waals surface area contributed by atoms with E-state index >= 15 is 0 Å². The monoisotopic (exact) mass is 406 g/mol. The van der Waals surface area contributed by atoms with Crippen LogP contribution in [0.2, 0.25) is 0 Å². The first-order valence-corrected chi connectivity index (χ1v) is 9.47. The summed E-state index contributed by atoms with van der Waals surface area (Å²) in [5.74, 6) is -0.682. The summed E-state index contributed by atoms with van der Waals surface area (Å²) >= 11 is 0. The molecule has 0 saturated carbocycles. The second kappa shape index (κ2) is 10.1. The fourth-order valence-electron chi connectivity index (χ4n) is 2.86. The van der Waals surface area contributed by atoms with E-state index in [0.29, 0.717) is 5.69 Å². The number of carbonyl (C=O) groups excluding carboxylic acids is 2. The lowest BCUT2D eigenvalue weighted by Crippen LogP contribution is -2.39. The first-order chi connectivity index (χ1) is 14.5. The second-order valence-electron chi connectivity index (χ2n) is 6.62. The third-order valence-corrected chi connectivity index (χ3v) is 4.46. The van der Waals surface area contributed by atoms with Crippen molar-refractivity contribution in [3.05, 3.63) is 90.2 Å². The maximum absolute atomic E-state index is 12.9. The number of nitrogens with zero attached hydrogens (tertiary/aromatic N) is 1. The van der Waals surface area contributed by atoms with Crippen LogP contribution in [0.15, 0.2) is 78.9 Å². The maximum Gasteiger partial charge on any atom is 0.315 e. The van der Waals surface area contributed by atoms with Gasteiger partial charge in [-0.1, -0.05) is 42.5 Å². The van der Waals surface area contributed by atoms with Crippen LogP contribution in [0.5, 0.6) is 0 Å². The Kier molecular flexibility index (Phi) is 7.00. The van der Waals surface area contributed by atoms with Gasteiger partial charge in [-0.2, -0.15) is 0 Å². The van der Waals surface area contributed by atoms with Crippen LogP contribution in [0.3, 0.4) is 0 Å². The zero-order valence-electron chi connectivity index (χ0n) is 16.6. The van der Waals surface area contributed by atoms with Gasteiger partial charge in [0, 0.05) is 19.3 Å². The van der Waals surface area contributed by atoms with Gasteiger partial charge in [0.1, 0.15) is 5.82 Å². The number of nitrogens with one attached hydrogen (secondary N) is 3. The number of rotatable bonds is 7. The average Bonchev–Trinajstić information content (AvgIpc) is 2.78. The Hall–Kier alpha value is -3.87. The number of amides is 3. The van der Waals surface area contributed by atoms with Gasteiger partial charge in [0.25, 0.3) is 0 Å². The minimum Gasteiger partial charge on any atom is -0.343 e. The van der Waals surface area contributed by atoms with Crippen LogP contribution in [0.1, 0.15) is 5.56 Å². The standard InChI is InChI=1S/C23H23FN4O2/c1-28(19-7-3-2-4-8-19)21-10-6-5-9-20(21)27-22(29)16-26-23(30)25-15-17-11-13-18(24)14-12-17/h2-14H,15-16H2,1H3,(H,27,29)(H2,25,26,30). The summed E-state index contributed by atoms with van der Waals surface area (Å²) in [7, 11) is 1.92. The van der Waals surface area contributed by atoms with Gasteiger partial charge in [0.15, 0.2) is 0 Å². The molecule has 0 fully saturated rings. The predicted octanol–water partition coefficient (Wildman–Crippen LogP) is 4.03. The van der Waals surface area contributed by atoms with Crippen molar-refractivity contribution in [2.45, 2.75) is 6.54 Å². The van der Waals surface area contributed by atoms with Crippen LogP contribution < -0.4 is 20.9 Å². The van der Waals surface area contributed by atoms with E-state index in [4.69, 9.17) is 0 Å². The lowest BCUT2D eigenvalue weighted by molar-refractivity contribution is -0.115. The highest BCUT2D eigenvalue weighted by Crippen LogP contribution is 2.30. The molecule has 0 aliphatic rings. The third-order valence-electron chi connectivity index (χ3n) is 4.46. The van der Waals surface area contributed by atoms with Crippen LogP contribution in [0.4, 0.5) is 26.2 Å². The molecule has 3 N–H and O–H groups in total. The van der Waals surface area contributed by atoms with Crippen molar-refractivity contribution in [1.29, 1.82) is 0 Å². The van der Waals surface area contributed by atoms with Crippen molar-refractivity contribution >= 4 is 29.0 Å². The Bertz CT molecular complexity index is 994. The maximum atomic E-state index is 12.9. The molecule has 3 amide bonds. The Labute approximate surface area is 174 Å². The topological polar surface area (TPSA) is 73.5 Å². The van der Waals surface area contributed by atoms with Crippen LogP contribution in [-0.2, 0) is 11.3 Å². The van der Waals surface area contributed by atoms with E-state index in [1.807, 2.05) is 60.5 Å². The Morgan fingerprint density at radius 2 is 1.53 bits per heavy atom. The lowest BCUT2D eigenvalue weighted by Gasteiger charge is -2.22. The largest absolute Gasteiger partial charge is 0.343 e. The van der Waals surface area contributed by atoms with Crippen molar-refractivity contribution in [1.82, 2.24) is 10.6 Å². The predicted molar refractivity (Wildman–Crippen MR) is 116 cm³/mol. The van der Waals surface area contributed by atoms with Crippen LogP contribution in [0, 0.1) is 5.82 Å². The van der Waals surface area contributed by atoms with Gasteiger partial charge in [-0.15, -0.1) is 0 Å². The summed E-state index contributed by atoms with van der Waals surface area (Å²) in [6.07, 6.45) is 0. The minimum atomic E-state index is -0.482. The van der Waals surface area contributed by atoms with Gasteiger partial charge >= 0.3 is 6.03 Å². The van der Waals surface area contributed by atoms with E-state index in [0.717, 1.165) is 16.9 Å². The Balaban J connectivity index is 1.52. The van der Waals surface area contributed by atoms with E-state index < -0.39 is 6.03 Å². The zero-order chi connectivity index (χ0) is 21.3. The summed E-state index contributed by atoms with van der Waals surface area (Å²) < 4.78 is 12.9. The molecule has 0 spiro atoms. The molecule has 3 aromatic rings. The number of benzene rings is 3. The molecule has 6 nitrogen and oxygen atoms in total. The minimum absolute atomic E-state index is 0.182. The fraction of sp³-hybridized carbons (Fsp3) is 0.130. The summed E-state index contributed by atoms with van der Waals surface area (Å²) in [6.45, 7) is 0.0527. The first-order valence-electron chi connectivity index (χ1n) is 9.47. The number of anilines is 3. The molecular weight excluding hydrogens is 383 g/mol. The number of halogens is 1. The number of urea groups is 1. The van der Waals surface area contributed by atoms with Crippen molar-refractivity contribution in [3.63, 3.8) is 0 Å². The molecule has 0 bridgehead atoms. The molecule has 0 radical (unpaired) electrons. The van der Waals surface area contributed by atoms with Gasteiger partial charge in [-0.25, -0.2) is 9.18 Å². The molecule has 0 aromatic heterocycles. The smallest absolute Gasteiger partial charge is 0.315 e. The van der Waals surface area contributed by atoms with Gasteiger partial charge in [0.05, 0.1) is 17.9 Å². The summed E-state index contributed by atoms with van der Waals surface area (Å²) in [6, 6.07) is 22.6. The molecule has 7 heteroatoms. The van der Waals surface area contributed by atoms with Crippen LogP contribution in [-0.4, -0.2) is 25.5 Å². The van der Waals surface area contributed by atoms with Crippen molar-refractivity contribution in [2.75, 3.05) is 23.8 Å². The van der Waals surface area contributed by atoms with Gasteiger partial charge in [-0.3, -0.25) is 4.79 Å². The first kappa shape index (κ1) is 20.9. The highest BCUT2D eigenvalue weighted by atomic mass is 19.1. The molecule has 0 saturated heterocycles.